The molecule has 30 heavy (non-hydrogen) atoms. The Hall–Kier alpha value is -2.20. The minimum absolute atomic E-state index is 0.109. The van der Waals surface area contributed by atoms with Gasteiger partial charge < -0.3 is 25.2 Å². The van der Waals surface area contributed by atoms with Crippen LogP contribution in [0.3, 0.4) is 0 Å². The summed E-state index contributed by atoms with van der Waals surface area (Å²) in [6.07, 6.45) is 1.73. The highest BCUT2D eigenvalue weighted by Gasteiger charge is 2.31. The van der Waals surface area contributed by atoms with Crippen LogP contribution in [0.2, 0.25) is 0 Å². The van der Waals surface area contributed by atoms with Gasteiger partial charge in [0.2, 0.25) is 5.91 Å². The molecule has 2 aromatic rings. The number of aryl methyl sites for hydroxylation is 2. The Labute approximate surface area is 175 Å². The maximum Gasteiger partial charge on any atom is 0.329 e. The minimum atomic E-state index is -0.843. The molecule has 9 heteroatoms. The molecule has 2 saturated heterocycles. The summed E-state index contributed by atoms with van der Waals surface area (Å²) in [5.41, 5.74) is 2.44. The predicted molar refractivity (Wildman–Crippen MR) is 111 cm³/mol. The smallest absolute Gasteiger partial charge is 0.329 e. The van der Waals surface area contributed by atoms with Gasteiger partial charge in [0.05, 0.1) is 30.4 Å². The van der Waals surface area contributed by atoms with E-state index in [0.29, 0.717) is 26.1 Å². The van der Waals surface area contributed by atoms with Crippen LogP contribution in [-0.4, -0.2) is 65.4 Å². The van der Waals surface area contributed by atoms with Gasteiger partial charge in [0.25, 0.3) is 0 Å². The van der Waals surface area contributed by atoms with E-state index in [-0.39, 0.29) is 17.7 Å². The van der Waals surface area contributed by atoms with Gasteiger partial charge in [-0.25, -0.2) is 4.79 Å². The normalized spacial score (nSPS) is 24.9. The van der Waals surface area contributed by atoms with Crippen LogP contribution < -0.4 is 16.3 Å². The average Bonchev–Trinajstić information content (AvgIpc) is 3.00. The molecule has 2 fully saturated rings. The predicted octanol–water partition coefficient (Wildman–Crippen LogP) is 0.0471. The van der Waals surface area contributed by atoms with Crippen molar-refractivity contribution in [2.24, 2.45) is 7.05 Å². The second kappa shape index (κ2) is 9.30. The maximum atomic E-state index is 13.0. The Bertz CT molecular complexity index is 947. The molecule has 1 aromatic carbocycles. The maximum absolute atomic E-state index is 13.0. The van der Waals surface area contributed by atoms with Crippen LogP contribution >= 0.6 is 0 Å². The van der Waals surface area contributed by atoms with Gasteiger partial charge in [-0.1, -0.05) is 12.1 Å². The SMILES string of the molecule is Cn1c(=O)n(C2CCC(O)NC2=O)c2cccc(CCCOC[C@@H]3CNCCO3)c21. The molecule has 2 aliphatic rings. The van der Waals surface area contributed by atoms with E-state index in [1.165, 1.54) is 0 Å². The van der Waals surface area contributed by atoms with Crippen molar-refractivity contribution in [1.29, 1.82) is 0 Å². The molecule has 0 radical (unpaired) electrons. The number of carbonyl (C=O) groups excluding carboxylic acids is 1. The van der Waals surface area contributed by atoms with Crippen molar-refractivity contribution in [3.05, 3.63) is 34.2 Å². The Morgan fingerprint density at radius 2 is 2.17 bits per heavy atom. The third kappa shape index (κ3) is 4.29. The molecule has 2 unspecified atom stereocenters. The molecule has 3 N–H and O–H groups in total. The standard InChI is InChI=1S/C21H30N4O5/c1-24-19-14(5-3-10-29-13-15-12-22-9-11-30-15)4-2-6-16(19)25(21(24)28)17-7-8-18(26)23-20(17)27/h2,4,6,15,17-18,22,26H,3,5,7-13H2,1H3,(H,23,27)/t15-,17?,18?/m0/s1. The van der Waals surface area contributed by atoms with Crippen LogP contribution in [-0.2, 0) is 27.7 Å². The van der Waals surface area contributed by atoms with Crippen molar-refractivity contribution in [2.45, 2.75) is 44.1 Å². The minimum Gasteiger partial charge on any atom is -0.379 e. The van der Waals surface area contributed by atoms with Gasteiger partial charge in [-0.2, -0.15) is 0 Å². The first-order chi connectivity index (χ1) is 14.6. The number of nitrogens with zero attached hydrogens (tertiary/aromatic N) is 2. The van der Waals surface area contributed by atoms with E-state index in [1.807, 2.05) is 18.2 Å². The highest BCUT2D eigenvalue weighted by Crippen LogP contribution is 2.26. The van der Waals surface area contributed by atoms with E-state index in [0.717, 1.165) is 49.1 Å². The monoisotopic (exact) mass is 418 g/mol. The average molecular weight is 418 g/mol. The summed E-state index contributed by atoms with van der Waals surface area (Å²) in [4.78, 5) is 25.4. The summed E-state index contributed by atoms with van der Waals surface area (Å²) in [6.45, 7) is 3.63. The van der Waals surface area contributed by atoms with Gasteiger partial charge in [-0.3, -0.25) is 13.9 Å². The Kier molecular flexibility index (Phi) is 6.52. The van der Waals surface area contributed by atoms with E-state index in [4.69, 9.17) is 9.47 Å². The number of hydrogen-bond acceptors (Lipinski definition) is 6. The molecule has 2 aliphatic heterocycles. The lowest BCUT2D eigenvalue weighted by Crippen LogP contribution is -2.46. The number of benzene rings is 1. The third-order valence-corrected chi connectivity index (χ3v) is 5.87. The summed E-state index contributed by atoms with van der Waals surface area (Å²) >= 11 is 0. The molecule has 0 spiro atoms. The number of amides is 1. The molecule has 3 atom stereocenters. The van der Waals surface area contributed by atoms with Crippen LogP contribution in [0.25, 0.3) is 11.0 Å². The lowest BCUT2D eigenvalue weighted by molar-refractivity contribution is -0.130. The number of hydrogen-bond donors (Lipinski definition) is 3. The number of para-hydroxylation sites is 1. The molecule has 1 aromatic heterocycles. The second-order valence-corrected chi connectivity index (χ2v) is 7.99. The van der Waals surface area contributed by atoms with Crippen molar-refractivity contribution < 1.29 is 19.4 Å². The molecule has 3 heterocycles. The number of carbonyl (C=O) groups is 1. The van der Waals surface area contributed by atoms with Crippen LogP contribution in [0, 0.1) is 0 Å². The third-order valence-electron chi connectivity index (χ3n) is 5.87. The molecule has 1 amide bonds. The molecule has 0 bridgehead atoms. The molecule has 9 nitrogen and oxygen atoms in total. The molecular weight excluding hydrogens is 388 g/mol. The summed E-state index contributed by atoms with van der Waals surface area (Å²) in [6, 6.07) is 5.21. The number of morpholine rings is 1. The van der Waals surface area contributed by atoms with E-state index in [9.17, 15) is 14.7 Å². The van der Waals surface area contributed by atoms with Crippen LogP contribution in [0.5, 0.6) is 0 Å². The van der Waals surface area contributed by atoms with Crippen LogP contribution in [0.4, 0.5) is 0 Å². The zero-order chi connectivity index (χ0) is 21.1. The fraction of sp³-hybridized carbons (Fsp3) is 0.619. The van der Waals surface area contributed by atoms with E-state index in [1.54, 1.807) is 16.2 Å². The number of aliphatic hydroxyl groups is 1. The number of piperidine rings is 1. The first kappa shape index (κ1) is 21.0. The van der Waals surface area contributed by atoms with Gasteiger partial charge >= 0.3 is 5.69 Å². The number of aromatic nitrogens is 2. The lowest BCUT2D eigenvalue weighted by atomic mass is 10.0. The van der Waals surface area contributed by atoms with E-state index in [2.05, 4.69) is 10.6 Å². The summed E-state index contributed by atoms with van der Waals surface area (Å²) in [7, 11) is 1.74. The number of ether oxygens (including phenoxy) is 2. The summed E-state index contributed by atoms with van der Waals surface area (Å²) in [5, 5.41) is 15.5. The second-order valence-electron chi connectivity index (χ2n) is 7.99. The van der Waals surface area contributed by atoms with Crippen LogP contribution in [0.1, 0.15) is 30.9 Å². The number of fused-ring (bicyclic) bond motifs is 1. The molecule has 0 saturated carbocycles. The molecule has 4 rings (SSSR count). The topological polar surface area (TPSA) is 107 Å². The van der Waals surface area contributed by atoms with Gasteiger partial charge in [0.1, 0.15) is 12.3 Å². The van der Waals surface area contributed by atoms with Gasteiger partial charge in [-0.05, 0) is 37.3 Å². The fourth-order valence-electron chi connectivity index (χ4n) is 4.35. The summed E-state index contributed by atoms with van der Waals surface area (Å²) < 4.78 is 14.6. The largest absolute Gasteiger partial charge is 0.379 e. The highest BCUT2D eigenvalue weighted by atomic mass is 16.5. The van der Waals surface area contributed by atoms with Gasteiger partial charge in [-0.15, -0.1) is 0 Å². The Balaban J connectivity index is 1.46. The summed E-state index contributed by atoms with van der Waals surface area (Å²) in [5.74, 6) is -0.318. The Morgan fingerprint density at radius 1 is 1.30 bits per heavy atom. The molecule has 164 valence electrons. The van der Waals surface area contributed by atoms with Crippen molar-refractivity contribution in [2.75, 3.05) is 32.9 Å². The Morgan fingerprint density at radius 3 is 2.93 bits per heavy atom. The first-order valence-electron chi connectivity index (χ1n) is 10.6. The van der Waals surface area contributed by atoms with Crippen molar-refractivity contribution >= 4 is 16.9 Å². The zero-order valence-electron chi connectivity index (χ0n) is 17.3. The highest BCUT2D eigenvalue weighted by molar-refractivity contribution is 5.86. The molecule has 0 aliphatic carbocycles. The molecular formula is C21H30N4O5. The van der Waals surface area contributed by atoms with E-state index < -0.39 is 12.3 Å². The van der Waals surface area contributed by atoms with Gasteiger partial charge in [0, 0.05) is 26.7 Å². The number of aliphatic hydroxyl groups excluding tert-OH is 1. The number of imidazole rings is 1. The first-order valence-corrected chi connectivity index (χ1v) is 10.6. The number of rotatable bonds is 7. The number of nitrogens with one attached hydrogen (secondary N) is 2. The van der Waals surface area contributed by atoms with Gasteiger partial charge in [0.15, 0.2) is 0 Å². The lowest BCUT2D eigenvalue weighted by Gasteiger charge is -2.26. The van der Waals surface area contributed by atoms with Crippen molar-refractivity contribution in [1.82, 2.24) is 19.8 Å². The van der Waals surface area contributed by atoms with E-state index >= 15 is 0 Å². The fourth-order valence-corrected chi connectivity index (χ4v) is 4.35. The quantitative estimate of drug-likeness (QED) is 0.549. The van der Waals surface area contributed by atoms with Crippen LogP contribution in [0.15, 0.2) is 23.0 Å². The van der Waals surface area contributed by atoms with Crippen molar-refractivity contribution in [3.63, 3.8) is 0 Å². The zero-order valence-corrected chi connectivity index (χ0v) is 17.3. The van der Waals surface area contributed by atoms with Crippen molar-refractivity contribution in [3.8, 4) is 0 Å².